The smallest absolute Gasteiger partial charge is 0.254 e. The fourth-order valence-electron chi connectivity index (χ4n) is 2.92. The molecule has 126 valence electrons. The maximum atomic E-state index is 12.2. The zero-order valence-corrected chi connectivity index (χ0v) is 14.3. The molecule has 0 radical (unpaired) electrons. The molecule has 0 fully saturated rings. The van der Waals surface area contributed by atoms with E-state index in [4.69, 9.17) is 4.98 Å². The molecule has 2 aromatic heterocycles. The van der Waals surface area contributed by atoms with Crippen LogP contribution in [0.5, 0.6) is 0 Å². The van der Waals surface area contributed by atoms with Crippen LogP contribution >= 0.6 is 0 Å². The summed E-state index contributed by atoms with van der Waals surface area (Å²) in [6.45, 7) is 1.63. The Morgan fingerprint density at radius 1 is 1.21 bits per heavy atom. The molecule has 0 saturated carbocycles. The Kier molecular flexibility index (Phi) is 4.59. The second kappa shape index (κ2) is 6.82. The van der Waals surface area contributed by atoms with Crippen LogP contribution < -0.4 is 15.1 Å². The van der Waals surface area contributed by atoms with Gasteiger partial charge < -0.3 is 15.1 Å². The standard InChI is InChI=1S/C17H22N6O/c1-18-16(24)13-11-12-5-9-23(17-19-7-4-8-20-17)10-6-14(12)21-15(13)22(2)3/h4,7-8,11H,5-6,9-10H2,1-3H3,(H,18,24). The highest BCUT2D eigenvalue weighted by Crippen LogP contribution is 2.24. The average molecular weight is 326 g/mol. The Morgan fingerprint density at radius 3 is 2.58 bits per heavy atom. The number of rotatable bonds is 3. The molecule has 0 spiro atoms. The molecule has 1 N–H and O–H groups in total. The maximum absolute atomic E-state index is 12.2. The monoisotopic (exact) mass is 326 g/mol. The maximum Gasteiger partial charge on any atom is 0.254 e. The number of aromatic nitrogens is 3. The van der Waals surface area contributed by atoms with E-state index in [0.29, 0.717) is 11.4 Å². The molecule has 3 rings (SSSR count). The third-order valence-electron chi connectivity index (χ3n) is 4.17. The van der Waals surface area contributed by atoms with E-state index >= 15 is 0 Å². The Morgan fingerprint density at radius 2 is 1.92 bits per heavy atom. The third kappa shape index (κ3) is 3.15. The van der Waals surface area contributed by atoms with Gasteiger partial charge in [0.05, 0.1) is 5.56 Å². The quantitative estimate of drug-likeness (QED) is 0.903. The molecular formula is C17H22N6O. The van der Waals surface area contributed by atoms with Gasteiger partial charge in [0.15, 0.2) is 0 Å². The van der Waals surface area contributed by atoms with Crippen LogP contribution in [0.2, 0.25) is 0 Å². The van der Waals surface area contributed by atoms with Crippen molar-refractivity contribution in [3.63, 3.8) is 0 Å². The molecule has 0 bridgehead atoms. The van der Waals surface area contributed by atoms with Crippen molar-refractivity contribution in [2.45, 2.75) is 12.8 Å². The first-order valence-corrected chi connectivity index (χ1v) is 8.04. The van der Waals surface area contributed by atoms with Gasteiger partial charge in [-0.2, -0.15) is 0 Å². The van der Waals surface area contributed by atoms with Gasteiger partial charge in [0, 0.05) is 58.7 Å². The van der Waals surface area contributed by atoms with Gasteiger partial charge in [0.1, 0.15) is 5.82 Å². The minimum absolute atomic E-state index is 0.110. The van der Waals surface area contributed by atoms with Crippen LogP contribution in [-0.4, -0.2) is 55.1 Å². The fourth-order valence-corrected chi connectivity index (χ4v) is 2.92. The van der Waals surface area contributed by atoms with Crippen molar-refractivity contribution >= 4 is 17.7 Å². The summed E-state index contributed by atoms with van der Waals surface area (Å²) in [6.07, 6.45) is 5.14. The predicted octanol–water partition coefficient (Wildman–Crippen LogP) is 0.902. The molecule has 1 aliphatic rings. The van der Waals surface area contributed by atoms with Crippen molar-refractivity contribution < 1.29 is 4.79 Å². The van der Waals surface area contributed by atoms with Gasteiger partial charge in [0.25, 0.3) is 5.91 Å². The van der Waals surface area contributed by atoms with Gasteiger partial charge >= 0.3 is 0 Å². The van der Waals surface area contributed by atoms with Gasteiger partial charge in [-0.15, -0.1) is 0 Å². The highest BCUT2D eigenvalue weighted by atomic mass is 16.1. The molecule has 0 aliphatic carbocycles. The van der Waals surface area contributed by atoms with Crippen molar-refractivity contribution in [2.75, 3.05) is 44.0 Å². The lowest BCUT2D eigenvalue weighted by Gasteiger charge is -2.19. The molecular weight excluding hydrogens is 304 g/mol. The van der Waals surface area contributed by atoms with E-state index in [1.807, 2.05) is 31.1 Å². The number of hydrogen-bond acceptors (Lipinski definition) is 6. The first-order valence-electron chi connectivity index (χ1n) is 8.04. The van der Waals surface area contributed by atoms with E-state index in [1.165, 1.54) is 0 Å². The lowest BCUT2D eigenvalue weighted by atomic mass is 10.0. The minimum atomic E-state index is -0.110. The van der Waals surface area contributed by atoms with E-state index in [1.54, 1.807) is 19.4 Å². The number of carbonyl (C=O) groups excluding carboxylic acids is 1. The van der Waals surface area contributed by atoms with Crippen LogP contribution in [-0.2, 0) is 12.8 Å². The molecule has 7 nitrogen and oxygen atoms in total. The molecule has 1 aliphatic heterocycles. The Balaban J connectivity index is 1.92. The summed E-state index contributed by atoms with van der Waals surface area (Å²) >= 11 is 0. The summed E-state index contributed by atoms with van der Waals surface area (Å²) in [5, 5.41) is 2.70. The summed E-state index contributed by atoms with van der Waals surface area (Å²) < 4.78 is 0. The molecule has 1 amide bonds. The van der Waals surface area contributed by atoms with Crippen molar-refractivity contribution in [1.82, 2.24) is 20.3 Å². The first kappa shape index (κ1) is 16.2. The topological polar surface area (TPSA) is 74.2 Å². The van der Waals surface area contributed by atoms with Crippen LogP contribution in [0.4, 0.5) is 11.8 Å². The predicted molar refractivity (Wildman–Crippen MR) is 93.6 cm³/mol. The Labute approximate surface area is 141 Å². The van der Waals surface area contributed by atoms with Gasteiger partial charge in [0.2, 0.25) is 5.95 Å². The molecule has 24 heavy (non-hydrogen) atoms. The number of nitrogens with zero attached hydrogens (tertiary/aromatic N) is 5. The van der Waals surface area contributed by atoms with Crippen LogP contribution in [0.3, 0.4) is 0 Å². The lowest BCUT2D eigenvalue weighted by Crippen LogP contribution is -2.27. The number of anilines is 2. The summed E-state index contributed by atoms with van der Waals surface area (Å²) in [5.41, 5.74) is 2.79. The summed E-state index contributed by atoms with van der Waals surface area (Å²) in [5.74, 6) is 1.34. The Bertz CT molecular complexity index is 731. The summed E-state index contributed by atoms with van der Waals surface area (Å²) in [4.78, 5) is 29.7. The van der Waals surface area contributed by atoms with E-state index in [-0.39, 0.29) is 5.91 Å². The van der Waals surface area contributed by atoms with Crippen molar-refractivity contribution in [1.29, 1.82) is 0 Å². The molecule has 3 heterocycles. The number of fused-ring (bicyclic) bond motifs is 1. The molecule has 0 aromatic carbocycles. The van der Waals surface area contributed by atoms with E-state index < -0.39 is 0 Å². The van der Waals surface area contributed by atoms with Crippen molar-refractivity contribution in [2.24, 2.45) is 0 Å². The van der Waals surface area contributed by atoms with Crippen molar-refractivity contribution in [3.05, 3.63) is 41.3 Å². The van der Waals surface area contributed by atoms with E-state index in [2.05, 4.69) is 20.2 Å². The van der Waals surface area contributed by atoms with Crippen LogP contribution in [0, 0.1) is 0 Å². The highest BCUT2D eigenvalue weighted by molar-refractivity contribution is 5.99. The summed E-state index contributed by atoms with van der Waals surface area (Å²) in [7, 11) is 5.45. The van der Waals surface area contributed by atoms with Gasteiger partial charge in [-0.25, -0.2) is 15.0 Å². The molecule has 2 aromatic rings. The van der Waals surface area contributed by atoms with Crippen LogP contribution in [0.1, 0.15) is 21.6 Å². The second-order valence-electron chi connectivity index (χ2n) is 5.97. The first-order chi connectivity index (χ1) is 11.6. The largest absolute Gasteiger partial charge is 0.362 e. The fraction of sp³-hybridized carbons (Fsp3) is 0.412. The van der Waals surface area contributed by atoms with Crippen LogP contribution in [0.15, 0.2) is 24.5 Å². The SMILES string of the molecule is CNC(=O)c1cc2c(nc1N(C)C)CCN(c1ncccn1)CC2. The van der Waals surface area contributed by atoms with E-state index in [9.17, 15) is 4.79 Å². The number of pyridine rings is 1. The van der Waals surface area contributed by atoms with E-state index in [0.717, 1.165) is 43.1 Å². The zero-order valence-electron chi connectivity index (χ0n) is 14.3. The second-order valence-corrected chi connectivity index (χ2v) is 5.97. The normalized spacial score (nSPS) is 13.9. The Hall–Kier alpha value is -2.70. The van der Waals surface area contributed by atoms with Crippen LogP contribution in [0.25, 0.3) is 0 Å². The van der Waals surface area contributed by atoms with Gasteiger partial charge in [-0.3, -0.25) is 4.79 Å². The molecule has 0 unspecified atom stereocenters. The third-order valence-corrected chi connectivity index (χ3v) is 4.17. The average Bonchev–Trinajstić information content (AvgIpc) is 2.82. The molecule has 0 saturated heterocycles. The van der Waals surface area contributed by atoms with Gasteiger partial charge in [-0.05, 0) is 24.1 Å². The number of carbonyl (C=O) groups is 1. The van der Waals surface area contributed by atoms with Gasteiger partial charge in [-0.1, -0.05) is 0 Å². The highest BCUT2D eigenvalue weighted by Gasteiger charge is 2.22. The molecule has 7 heteroatoms. The minimum Gasteiger partial charge on any atom is -0.362 e. The van der Waals surface area contributed by atoms with Crippen molar-refractivity contribution in [3.8, 4) is 0 Å². The molecule has 0 atom stereocenters. The number of nitrogens with one attached hydrogen (secondary N) is 1. The number of amides is 1. The zero-order chi connectivity index (χ0) is 17.1. The number of hydrogen-bond donors (Lipinski definition) is 1. The lowest BCUT2D eigenvalue weighted by molar-refractivity contribution is 0.0963. The summed E-state index contributed by atoms with van der Waals surface area (Å²) in [6, 6.07) is 3.79.